The normalized spacial score (nSPS) is 24.4. The summed E-state index contributed by atoms with van der Waals surface area (Å²) in [5.74, 6) is 2.18. The SMILES string of the molecule is CN=C1NC=C/C1=C(/C)N1CC[C@@H](N(C)c2ccc(S(=O)(=O)NCC3CC3)cn2)C1. The molecule has 1 aromatic rings. The first-order valence-electron chi connectivity index (χ1n) is 10.4. The molecule has 1 saturated carbocycles. The van der Waals surface area contributed by atoms with E-state index in [0.29, 0.717) is 18.5 Å². The molecule has 162 valence electrons. The standard InChI is InChI=1S/C21H30N6O2S/c1-15(19-8-10-23-21(19)22-2)27-11-9-17(14-27)26(3)20-7-6-18(13-24-20)30(28,29)25-12-16-4-5-16/h6-8,10,13,16-17,25H,4-5,9,11-12,14H2,1-3H3,(H,22,23)/b19-15+/t17-/m1/s1. The second-order valence-corrected chi connectivity index (χ2v) is 9.96. The zero-order valence-corrected chi connectivity index (χ0v) is 18.6. The molecule has 1 atom stereocenters. The number of nitrogens with one attached hydrogen (secondary N) is 2. The van der Waals surface area contributed by atoms with Crippen LogP contribution in [-0.2, 0) is 10.0 Å². The third kappa shape index (κ3) is 4.37. The number of allylic oxidation sites excluding steroid dienone is 1. The molecule has 1 saturated heterocycles. The van der Waals surface area contributed by atoms with E-state index in [9.17, 15) is 8.42 Å². The largest absolute Gasteiger partial charge is 0.372 e. The summed E-state index contributed by atoms with van der Waals surface area (Å²) in [6.45, 7) is 4.51. The quantitative estimate of drug-likeness (QED) is 0.684. The van der Waals surface area contributed by atoms with Crippen LogP contribution in [0.25, 0.3) is 0 Å². The average molecular weight is 431 g/mol. The molecule has 4 rings (SSSR count). The molecule has 2 aliphatic heterocycles. The number of pyridine rings is 1. The Balaban J connectivity index is 1.40. The van der Waals surface area contributed by atoms with Crippen molar-refractivity contribution < 1.29 is 8.42 Å². The van der Waals surface area contributed by atoms with Crippen LogP contribution in [0.2, 0.25) is 0 Å². The lowest BCUT2D eigenvalue weighted by Crippen LogP contribution is -2.35. The van der Waals surface area contributed by atoms with Gasteiger partial charge < -0.3 is 15.1 Å². The number of amidine groups is 1. The first-order valence-corrected chi connectivity index (χ1v) is 11.9. The fourth-order valence-corrected chi connectivity index (χ4v) is 4.99. The van der Waals surface area contributed by atoms with Crippen LogP contribution in [0.15, 0.2) is 51.8 Å². The Hall–Kier alpha value is -2.39. The van der Waals surface area contributed by atoms with Gasteiger partial charge in [-0.15, -0.1) is 0 Å². The Morgan fingerprint density at radius 3 is 2.83 bits per heavy atom. The van der Waals surface area contributed by atoms with E-state index in [1.807, 2.05) is 13.2 Å². The number of aromatic nitrogens is 1. The van der Waals surface area contributed by atoms with Gasteiger partial charge in [0.25, 0.3) is 0 Å². The van der Waals surface area contributed by atoms with Gasteiger partial charge in [0.1, 0.15) is 16.5 Å². The molecule has 0 radical (unpaired) electrons. The number of rotatable bonds is 7. The molecule has 0 spiro atoms. The monoisotopic (exact) mass is 430 g/mol. The van der Waals surface area contributed by atoms with Crippen LogP contribution in [0.1, 0.15) is 26.2 Å². The van der Waals surface area contributed by atoms with E-state index in [2.05, 4.69) is 42.8 Å². The molecule has 2 N–H and O–H groups in total. The van der Waals surface area contributed by atoms with Gasteiger partial charge in [-0.2, -0.15) is 0 Å². The second-order valence-electron chi connectivity index (χ2n) is 8.20. The molecule has 8 nitrogen and oxygen atoms in total. The summed E-state index contributed by atoms with van der Waals surface area (Å²) in [6, 6.07) is 3.75. The Labute approximate surface area is 178 Å². The van der Waals surface area contributed by atoms with Gasteiger partial charge in [0.2, 0.25) is 10.0 Å². The van der Waals surface area contributed by atoms with E-state index in [1.165, 1.54) is 11.9 Å². The summed E-state index contributed by atoms with van der Waals surface area (Å²) in [5, 5.41) is 3.17. The van der Waals surface area contributed by atoms with Crippen molar-refractivity contribution in [3.05, 3.63) is 41.9 Å². The highest BCUT2D eigenvalue weighted by atomic mass is 32.2. The molecule has 3 aliphatic rings. The van der Waals surface area contributed by atoms with Crippen LogP contribution < -0.4 is 14.9 Å². The van der Waals surface area contributed by atoms with E-state index in [1.54, 1.807) is 19.2 Å². The molecule has 0 amide bonds. The maximum absolute atomic E-state index is 12.4. The predicted octanol–water partition coefficient (Wildman–Crippen LogP) is 1.70. The van der Waals surface area contributed by atoms with Crippen LogP contribution in [-0.4, -0.2) is 63.9 Å². The number of sulfonamides is 1. The summed E-state index contributed by atoms with van der Waals surface area (Å²) < 4.78 is 27.5. The molecule has 1 aliphatic carbocycles. The lowest BCUT2D eigenvalue weighted by Gasteiger charge is -2.27. The topological polar surface area (TPSA) is 89.9 Å². The van der Waals surface area contributed by atoms with E-state index >= 15 is 0 Å². The van der Waals surface area contributed by atoms with Gasteiger partial charge in [-0.05, 0) is 50.3 Å². The second kappa shape index (κ2) is 8.39. The minimum atomic E-state index is -3.48. The molecule has 0 bridgehead atoms. The zero-order valence-electron chi connectivity index (χ0n) is 17.8. The van der Waals surface area contributed by atoms with Crippen LogP contribution in [0.4, 0.5) is 5.82 Å². The number of hydrogen-bond acceptors (Lipinski definition) is 6. The maximum atomic E-state index is 12.4. The Morgan fingerprint density at radius 2 is 2.17 bits per heavy atom. The van der Waals surface area contributed by atoms with Gasteiger partial charge in [-0.25, -0.2) is 18.1 Å². The van der Waals surface area contributed by atoms with Crippen LogP contribution in [0, 0.1) is 5.92 Å². The fourth-order valence-electron chi connectivity index (χ4n) is 3.93. The lowest BCUT2D eigenvalue weighted by atomic mass is 10.2. The molecule has 30 heavy (non-hydrogen) atoms. The molecule has 9 heteroatoms. The smallest absolute Gasteiger partial charge is 0.242 e. The third-order valence-corrected chi connectivity index (χ3v) is 7.58. The average Bonchev–Trinajstić information content (AvgIpc) is 3.25. The molecular weight excluding hydrogens is 400 g/mol. The van der Waals surface area contributed by atoms with Crippen molar-refractivity contribution in [2.45, 2.75) is 37.1 Å². The van der Waals surface area contributed by atoms with Crippen molar-refractivity contribution in [2.24, 2.45) is 10.9 Å². The first-order chi connectivity index (χ1) is 14.4. The number of anilines is 1. The van der Waals surface area contributed by atoms with Crippen molar-refractivity contribution in [1.82, 2.24) is 19.9 Å². The first kappa shape index (κ1) is 20.9. The van der Waals surface area contributed by atoms with Crippen molar-refractivity contribution in [1.29, 1.82) is 0 Å². The van der Waals surface area contributed by atoms with Crippen molar-refractivity contribution >= 4 is 21.7 Å². The van der Waals surface area contributed by atoms with Gasteiger partial charge in [0.15, 0.2) is 0 Å². The van der Waals surface area contributed by atoms with E-state index in [0.717, 1.165) is 49.6 Å². The minimum Gasteiger partial charge on any atom is -0.372 e. The number of nitrogens with zero attached hydrogens (tertiary/aromatic N) is 4. The van der Waals surface area contributed by atoms with Gasteiger partial charge in [0, 0.05) is 63.4 Å². The number of likely N-dealkylation sites (N-methyl/N-ethyl adjacent to an activating group) is 1. The van der Waals surface area contributed by atoms with E-state index in [-0.39, 0.29) is 4.90 Å². The van der Waals surface area contributed by atoms with Crippen LogP contribution >= 0.6 is 0 Å². The summed E-state index contributed by atoms with van der Waals surface area (Å²) in [4.78, 5) is 13.5. The highest BCUT2D eigenvalue weighted by Crippen LogP contribution is 2.28. The van der Waals surface area contributed by atoms with Crippen molar-refractivity contribution in [2.75, 3.05) is 38.6 Å². The molecule has 0 unspecified atom stereocenters. The number of likely N-dealkylation sites (tertiary alicyclic amines) is 1. The highest BCUT2D eigenvalue weighted by Gasteiger charge is 2.29. The lowest BCUT2D eigenvalue weighted by molar-refractivity contribution is 0.417. The Kier molecular flexibility index (Phi) is 5.84. The van der Waals surface area contributed by atoms with Gasteiger partial charge >= 0.3 is 0 Å². The predicted molar refractivity (Wildman–Crippen MR) is 119 cm³/mol. The third-order valence-electron chi connectivity index (χ3n) is 6.18. The molecule has 2 fully saturated rings. The number of aliphatic imine (C=N–C) groups is 1. The zero-order chi connectivity index (χ0) is 21.3. The molecule has 3 heterocycles. The van der Waals surface area contributed by atoms with E-state index < -0.39 is 10.0 Å². The minimum absolute atomic E-state index is 0.223. The fraction of sp³-hybridized carbons (Fsp3) is 0.524. The molecular formula is C21H30N6O2S. The van der Waals surface area contributed by atoms with Crippen molar-refractivity contribution in [3.8, 4) is 0 Å². The van der Waals surface area contributed by atoms with Gasteiger partial charge in [0.05, 0.1) is 0 Å². The number of hydrogen-bond donors (Lipinski definition) is 2. The molecule has 0 aromatic carbocycles. The highest BCUT2D eigenvalue weighted by molar-refractivity contribution is 7.89. The Bertz CT molecular complexity index is 979. The maximum Gasteiger partial charge on any atom is 0.242 e. The van der Waals surface area contributed by atoms with E-state index in [4.69, 9.17) is 0 Å². The summed E-state index contributed by atoms with van der Waals surface area (Å²) in [7, 11) is 0.331. The van der Waals surface area contributed by atoms with Gasteiger partial charge in [-0.1, -0.05) is 0 Å². The summed E-state index contributed by atoms with van der Waals surface area (Å²) >= 11 is 0. The van der Waals surface area contributed by atoms with Crippen LogP contribution in [0.3, 0.4) is 0 Å². The molecule has 1 aromatic heterocycles. The van der Waals surface area contributed by atoms with Gasteiger partial charge in [-0.3, -0.25) is 4.99 Å². The summed E-state index contributed by atoms with van der Waals surface area (Å²) in [5.41, 5.74) is 2.34. The van der Waals surface area contributed by atoms with Crippen LogP contribution in [0.5, 0.6) is 0 Å². The Morgan fingerprint density at radius 1 is 1.37 bits per heavy atom. The summed E-state index contributed by atoms with van der Waals surface area (Å²) in [6.07, 6.45) is 8.67. The van der Waals surface area contributed by atoms with Crippen molar-refractivity contribution in [3.63, 3.8) is 0 Å².